The SMILES string of the molecule is CCCN(Cc1c(F)cccc1Cl)C(=O)C(C)CN.Cl. The van der Waals surface area contributed by atoms with E-state index in [0.717, 1.165) is 6.42 Å². The van der Waals surface area contributed by atoms with Crippen LogP contribution in [0.1, 0.15) is 25.8 Å². The molecule has 0 radical (unpaired) electrons. The lowest BCUT2D eigenvalue weighted by molar-refractivity contribution is -0.135. The van der Waals surface area contributed by atoms with Crippen LogP contribution in [0.15, 0.2) is 18.2 Å². The van der Waals surface area contributed by atoms with E-state index in [0.29, 0.717) is 17.1 Å². The summed E-state index contributed by atoms with van der Waals surface area (Å²) in [5.74, 6) is -0.720. The fraction of sp³-hybridized carbons (Fsp3) is 0.500. The van der Waals surface area contributed by atoms with E-state index >= 15 is 0 Å². The van der Waals surface area contributed by atoms with Crippen molar-refractivity contribution in [2.45, 2.75) is 26.8 Å². The van der Waals surface area contributed by atoms with Crippen LogP contribution in [-0.2, 0) is 11.3 Å². The molecule has 0 fully saturated rings. The third-order valence-corrected chi connectivity index (χ3v) is 3.35. The molecule has 3 nitrogen and oxygen atoms in total. The van der Waals surface area contributed by atoms with Crippen molar-refractivity contribution in [1.29, 1.82) is 0 Å². The lowest BCUT2D eigenvalue weighted by Gasteiger charge is -2.25. The van der Waals surface area contributed by atoms with E-state index in [9.17, 15) is 9.18 Å². The zero-order chi connectivity index (χ0) is 14.4. The first-order valence-corrected chi connectivity index (χ1v) is 6.80. The van der Waals surface area contributed by atoms with E-state index in [4.69, 9.17) is 17.3 Å². The molecule has 114 valence electrons. The van der Waals surface area contributed by atoms with Gasteiger partial charge in [0.05, 0.1) is 0 Å². The highest BCUT2D eigenvalue weighted by Gasteiger charge is 2.21. The minimum absolute atomic E-state index is 0. The van der Waals surface area contributed by atoms with E-state index in [2.05, 4.69) is 0 Å². The molecule has 1 aromatic rings. The molecule has 0 aliphatic rings. The van der Waals surface area contributed by atoms with Gasteiger partial charge in [-0.1, -0.05) is 31.5 Å². The number of benzene rings is 1. The number of carbonyl (C=O) groups is 1. The van der Waals surface area contributed by atoms with Gasteiger partial charge in [-0.2, -0.15) is 0 Å². The quantitative estimate of drug-likeness (QED) is 0.874. The van der Waals surface area contributed by atoms with Crippen molar-refractivity contribution in [3.63, 3.8) is 0 Å². The first kappa shape index (κ1) is 19.2. The zero-order valence-corrected chi connectivity index (χ0v) is 13.3. The molecule has 0 saturated heterocycles. The van der Waals surface area contributed by atoms with Gasteiger partial charge in [0.1, 0.15) is 5.82 Å². The highest BCUT2D eigenvalue weighted by molar-refractivity contribution is 6.31. The van der Waals surface area contributed by atoms with Crippen LogP contribution >= 0.6 is 24.0 Å². The van der Waals surface area contributed by atoms with E-state index < -0.39 is 0 Å². The van der Waals surface area contributed by atoms with Crippen LogP contribution in [0.2, 0.25) is 5.02 Å². The Morgan fingerprint density at radius 2 is 2.15 bits per heavy atom. The topological polar surface area (TPSA) is 46.3 Å². The molecule has 0 aromatic heterocycles. The maximum absolute atomic E-state index is 13.8. The molecule has 0 heterocycles. The maximum Gasteiger partial charge on any atom is 0.226 e. The van der Waals surface area contributed by atoms with Gasteiger partial charge in [-0.3, -0.25) is 4.79 Å². The number of amides is 1. The minimum Gasteiger partial charge on any atom is -0.338 e. The molecule has 1 rings (SSSR count). The Morgan fingerprint density at radius 3 is 2.65 bits per heavy atom. The van der Waals surface area contributed by atoms with Gasteiger partial charge in [-0.05, 0) is 18.6 Å². The summed E-state index contributed by atoms with van der Waals surface area (Å²) in [5.41, 5.74) is 5.87. The molecule has 0 aliphatic carbocycles. The summed E-state index contributed by atoms with van der Waals surface area (Å²) in [6.07, 6.45) is 0.801. The number of halogens is 3. The number of nitrogens with two attached hydrogens (primary N) is 1. The number of rotatable bonds is 6. The van der Waals surface area contributed by atoms with Crippen LogP contribution in [0.25, 0.3) is 0 Å². The van der Waals surface area contributed by atoms with Gasteiger partial charge in [-0.15, -0.1) is 12.4 Å². The average molecular weight is 323 g/mol. The molecule has 1 atom stereocenters. The van der Waals surface area contributed by atoms with E-state index in [-0.39, 0.29) is 43.1 Å². The van der Waals surface area contributed by atoms with Gasteiger partial charge >= 0.3 is 0 Å². The molecule has 0 bridgehead atoms. The molecule has 2 N–H and O–H groups in total. The Balaban J connectivity index is 0.00000361. The normalized spacial score (nSPS) is 11.7. The molecular formula is C14H21Cl2FN2O. The lowest BCUT2D eigenvalue weighted by atomic mass is 10.1. The summed E-state index contributed by atoms with van der Waals surface area (Å²) in [6, 6.07) is 4.53. The summed E-state index contributed by atoms with van der Waals surface area (Å²) in [7, 11) is 0. The second-order valence-electron chi connectivity index (χ2n) is 4.60. The second kappa shape index (κ2) is 9.16. The molecule has 0 spiro atoms. The number of carbonyl (C=O) groups excluding carboxylic acids is 1. The fourth-order valence-corrected chi connectivity index (χ4v) is 2.05. The highest BCUT2D eigenvalue weighted by Crippen LogP contribution is 2.21. The summed E-state index contributed by atoms with van der Waals surface area (Å²) < 4.78 is 13.8. The Morgan fingerprint density at radius 1 is 1.50 bits per heavy atom. The molecular weight excluding hydrogens is 302 g/mol. The van der Waals surface area contributed by atoms with Crippen molar-refractivity contribution >= 4 is 29.9 Å². The molecule has 1 unspecified atom stereocenters. The van der Waals surface area contributed by atoms with Gasteiger partial charge in [0.15, 0.2) is 0 Å². The van der Waals surface area contributed by atoms with Crippen molar-refractivity contribution in [2.24, 2.45) is 11.7 Å². The van der Waals surface area contributed by atoms with E-state index in [1.165, 1.54) is 6.07 Å². The maximum atomic E-state index is 13.8. The van der Waals surface area contributed by atoms with Crippen LogP contribution in [0.5, 0.6) is 0 Å². The minimum atomic E-state index is -0.387. The molecule has 1 aromatic carbocycles. The second-order valence-corrected chi connectivity index (χ2v) is 5.00. The molecule has 20 heavy (non-hydrogen) atoms. The Kier molecular flexibility index (Phi) is 8.78. The summed E-state index contributed by atoms with van der Waals surface area (Å²) in [4.78, 5) is 13.8. The van der Waals surface area contributed by atoms with Gasteiger partial charge in [0.25, 0.3) is 0 Å². The molecule has 0 saturated carbocycles. The summed E-state index contributed by atoms with van der Waals surface area (Å²) >= 11 is 5.99. The van der Waals surface area contributed by atoms with Crippen LogP contribution in [0, 0.1) is 11.7 Å². The van der Waals surface area contributed by atoms with Crippen molar-refractivity contribution in [3.05, 3.63) is 34.6 Å². The molecule has 1 amide bonds. The smallest absolute Gasteiger partial charge is 0.226 e. The third-order valence-electron chi connectivity index (χ3n) is 2.99. The summed E-state index contributed by atoms with van der Waals surface area (Å²) in [6.45, 7) is 4.77. The Bertz CT molecular complexity index is 423. The van der Waals surface area contributed by atoms with Crippen LogP contribution in [0.3, 0.4) is 0 Å². The van der Waals surface area contributed by atoms with Crippen molar-refractivity contribution in [1.82, 2.24) is 4.90 Å². The fourth-order valence-electron chi connectivity index (χ4n) is 1.82. The number of hydrogen-bond acceptors (Lipinski definition) is 2. The van der Waals surface area contributed by atoms with Gasteiger partial charge in [-0.25, -0.2) is 4.39 Å². The predicted molar refractivity (Wildman–Crippen MR) is 82.6 cm³/mol. The third kappa shape index (κ3) is 4.93. The van der Waals surface area contributed by atoms with Gasteiger partial charge in [0.2, 0.25) is 5.91 Å². The Labute approximate surface area is 130 Å². The first-order chi connectivity index (χ1) is 9.01. The molecule has 0 aliphatic heterocycles. The van der Waals surface area contributed by atoms with Gasteiger partial charge in [0, 0.05) is 36.1 Å². The first-order valence-electron chi connectivity index (χ1n) is 6.43. The number of hydrogen-bond donors (Lipinski definition) is 1. The largest absolute Gasteiger partial charge is 0.338 e. The van der Waals surface area contributed by atoms with Crippen molar-refractivity contribution in [2.75, 3.05) is 13.1 Å². The van der Waals surface area contributed by atoms with Crippen LogP contribution in [0.4, 0.5) is 4.39 Å². The van der Waals surface area contributed by atoms with Gasteiger partial charge < -0.3 is 10.6 Å². The zero-order valence-electron chi connectivity index (χ0n) is 11.7. The van der Waals surface area contributed by atoms with E-state index in [1.54, 1.807) is 24.0 Å². The van der Waals surface area contributed by atoms with Crippen LogP contribution < -0.4 is 5.73 Å². The van der Waals surface area contributed by atoms with Crippen molar-refractivity contribution in [3.8, 4) is 0 Å². The van der Waals surface area contributed by atoms with Crippen molar-refractivity contribution < 1.29 is 9.18 Å². The highest BCUT2D eigenvalue weighted by atomic mass is 35.5. The monoisotopic (exact) mass is 322 g/mol. The average Bonchev–Trinajstić information content (AvgIpc) is 2.40. The predicted octanol–water partition coefficient (Wildman–Crippen LogP) is 3.23. The molecule has 6 heteroatoms. The number of nitrogens with zero attached hydrogens (tertiary/aromatic N) is 1. The van der Waals surface area contributed by atoms with Crippen LogP contribution in [-0.4, -0.2) is 23.9 Å². The Hall–Kier alpha value is -0.840. The van der Waals surface area contributed by atoms with E-state index in [1.807, 2.05) is 6.92 Å². The lowest BCUT2D eigenvalue weighted by Crippen LogP contribution is -2.38. The summed E-state index contributed by atoms with van der Waals surface area (Å²) in [5, 5.41) is 0.342. The standard InChI is InChI=1S/C14H20ClFN2O.ClH/c1-3-7-18(14(19)10(2)8-17)9-11-12(15)5-4-6-13(11)16;/h4-6,10H,3,7-9,17H2,1-2H3;1H.